The van der Waals surface area contributed by atoms with E-state index in [0.717, 1.165) is 28.8 Å². The first-order chi connectivity index (χ1) is 8.24. The average Bonchev–Trinajstić information content (AvgIpc) is 2.78. The predicted molar refractivity (Wildman–Crippen MR) is 68.1 cm³/mol. The van der Waals surface area contributed by atoms with Gasteiger partial charge < -0.3 is 20.3 Å². The van der Waals surface area contributed by atoms with Gasteiger partial charge in [0, 0.05) is 23.0 Å². The molecule has 0 aliphatic carbocycles. The second-order valence-electron chi connectivity index (χ2n) is 4.09. The lowest BCUT2D eigenvalue weighted by Crippen LogP contribution is -2.35. The molecular weight excluding hydrogens is 286 g/mol. The van der Waals surface area contributed by atoms with Crippen molar-refractivity contribution in [2.45, 2.75) is 19.0 Å². The lowest BCUT2D eigenvalue weighted by molar-refractivity contribution is 0.170. The van der Waals surface area contributed by atoms with E-state index >= 15 is 0 Å². The molecule has 0 spiro atoms. The molecule has 4 nitrogen and oxygen atoms in total. The number of fused-ring (bicyclic) bond motifs is 1. The molecule has 0 saturated carbocycles. The number of hydrogen-bond acceptors (Lipinski definition) is 4. The minimum atomic E-state index is -0.286. The summed E-state index contributed by atoms with van der Waals surface area (Å²) in [6, 6.07) is 3.79. The van der Waals surface area contributed by atoms with Crippen molar-refractivity contribution in [2.75, 3.05) is 19.8 Å². The minimum Gasteiger partial charge on any atom is -0.493 e. The molecule has 1 heterocycles. The van der Waals surface area contributed by atoms with E-state index in [1.54, 1.807) is 0 Å². The zero-order valence-electron chi connectivity index (χ0n) is 9.45. The van der Waals surface area contributed by atoms with Gasteiger partial charge in [-0.15, -0.1) is 0 Å². The molecule has 1 aliphatic rings. The molecule has 2 rings (SSSR count). The van der Waals surface area contributed by atoms with Crippen molar-refractivity contribution in [3.8, 4) is 5.75 Å². The third-order valence-electron chi connectivity index (χ3n) is 2.85. The summed E-state index contributed by atoms with van der Waals surface area (Å²) < 4.78 is 6.63. The number of halogens is 1. The molecular formula is C12H16BrNO3. The number of nitrogens with one attached hydrogen (secondary N) is 1. The van der Waals surface area contributed by atoms with Crippen LogP contribution < -0.4 is 10.1 Å². The van der Waals surface area contributed by atoms with E-state index in [2.05, 4.69) is 27.3 Å². The number of ether oxygens (including phenoxy) is 1. The Kier molecular flexibility index (Phi) is 4.39. The van der Waals surface area contributed by atoms with E-state index in [1.165, 1.54) is 5.56 Å². The Bertz CT molecular complexity index is 394. The van der Waals surface area contributed by atoms with E-state index in [-0.39, 0.29) is 19.3 Å². The first kappa shape index (κ1) is 12.8. The molecule has 0 saturated heterocycles. The Morgan fingerprint density at radius 3 is 2.82 bits per heavy atom. The van der Waals surface area contributed by atoms with Gasteiger partial charge in [-0.05, 0) is 17.7 Å². The highest BCUT2D eigenvalue weighted by Gasteiger charge is 2.17. The normalized spacial score (nSPS) is 13.9. The van der Waals surface area contributed by atoms with Gasteiger partial charge in [-0.2, -0.15) is 0 Å². The highest BCUT2D eigenvalue weighted by atomic mass is 79.9. The quantitative estimate of drug-likeness (QED) is 0.754. The molecule has 17 heavy (non-hydrogen) atoms. The molecule has 0 atom stereocenters. The van der Waals surface area contributed by atoms with Crippen LogP contribution in [-0.4, -0.2) is 36.1 Å². The fourth-order valence-corrected chi connectivity index (χ4v) is 2.47. The summed E-state index contributed by atoms with van der Waals surface area (Å²) in [7, 11) is 0. The van der Waals surface area contributed by atoms with E-state index in [0.29, 0.717) is 6.54 Å². The molecule has 0 amide bonds. The molecule has 5 heteroatoms. The molecule has 0 fully saturated rings. The second-order valence-corrected chi connectivity index (χ2v) is 5.01. The molecule has 0 aromatic heterocycles. The maximum Gasteiger partial charge on any atom is 0.127 e. The summed E-state index contributed by atoms with van der Waals surface area (Å²) in [5.41, 5.74) is 2.26. The number of aliphatic hydroxyl groups excluding tert-OH is 2. The lowest BCUT2D eigenvalue weighted by Gasteiger charge is -2.15. The summed E-state index contributed by atoms with van der Waals surface area (Å²) >= 11 is 3.47. The van der Waals surface area contributed by atoms with Gasteiger partial charge in [0.15, 0.2) is 0 Å². The topological polar surface area (TPSA) is 61.7 Å². The molecule has 94 valence electrons. The Morgan fingerprint density at radius 2 is 2.12 bits per heavy atom. The van der Waals surface area contributed by atoms with Crippen LogP contribution in [0.1, 0.15) is 11.1 Å². The van der Waals surface area contributed by atoms with Crippen LogP contribution in [0, 0.1) is 0 Å². The number of benzene rings is 1. The third-order valence-corrected chi connectivity index (χ3v) is 3.31. The summed E-state index contributed by atoms with van der Waals surface area (Å²) in [6.07, 6.45) is 0.936. The van der Waals surface area contributed by atoms with Crippen LogP contribution in [0.3, 0.4) is 0 Å². The fraction of sp³-hybridized carbons (Fsp3) is 0.500. The highest BCUT2D eigenvalue weighted by Crippen LogP contribution is 2.32. The number of aliphatic hydroxyl groups is 2. The fourth-order valence-electron chi connectivity index (χ4n) is 1.92. The van der Waals surface area contributed by atoms with Gasteiger partial charge in [0.25, 0.3) is 0 Å². The van der Waals surface area contributed by atoms with Gasteiger partial charge in [0.05, 0.1) is 25.9 Å². The second kappa shape index (κ2) is 5.82. The lowest BCUT2D eigenvalue weighted by atomic mass is 10.1. The van der Waals surface area contributed by atoms with Crippen molar-refractivity contribution in [3.63, 3.8) is 0 Å². The Labute approximate surface area is 109 Å². The first-order valence-electron chi connectivity index (χ1n) is 5.63. The summed E-state index contributed by atoms with van der Waals surface area (Å²) in [5, 5.41) is 21.1. The van der Waals surface area contributed by atoms with Crippen LogP contribution in [-0.2, 0) is 13.0 Å². The van der Waals surface area contributed by atoms with Crippen molar-refractivity contribution in [1.29, 1.82) is 0 Å². The molecule has 0 radical (unpaired) electrons. The average molecular weight is 302 g/mol. The zero-order valence-corrected chi connectivity index (χ0v) is 11.0. The number of rotatable bonds is 5. The van der Waals surface area contributed by atoms with E-state index in [9.17, 15) is 0 Å². The molecule has 1 aromatic rings. The third kappa shape index (κ3) is 2.98. The minimum absolute atomic E-state index is 0.0758. The van der Waals surface area contributed by atoms with Crippen molar-refractivity contribution in [1.82, 2.24) is 5.32 Å². The van der Waals surface area contributed by atoms with Gasteiger partial charge in [-0.3, -0.25) is 0 Å². The van der Waals surface area contributed by atoms with Gasteiger partial charge in [0.2, 0.25) is 0 Å². The van der Waals surface area contributed by atoms with Gasteiger partial charge in [-0.25, -0.2) is 0 Å². The van der Waals surface area contributed by atoms with Crippen molar-refractivity contribution < 1.29 is 14.9 Å². The maximum absolute atomic E-state index is 8.99. The maximum atomic E-state index is 8.99. The number of hydrogen-bond donors (Lipinski definition) is 3. The molecule has 1 aromatic carbocycles. The monoisotopic (exact) mass is 301 g/mol. The summed E-state index contributed by atoms with van der Waals surface area (Å²) in [4.78, 5) is 0. The molecule has 3 N–H and O–H groups in total. The Morgan fingerprint density at radius 1 is 1.35 bits per heavy atom. The van der Waals surface area contributed by atoms with Crippen molar-refractivity contribution >= 4 is 15.9 Å². The van der Waals surface area contributed by atoms with E-state index in [1.807, 2.05) is 6.07 Å². The van der Waals surface area contributed by atoms with Gasteiger partial charge in [0.1, 0.15) is 5.75 Å². The Balaban J connectivity index is 2.10. The summed E-state index contributed by atoms with van der Waals surface area (Å²) in [6.45, 7) is 1.15. The van der Waals surface area contributed by atoms with Gasteiger partial charge in [-0.1, -0.05) is 15.9 Å². The standard InChI is InChI=1S/C12H16BrNO3/c13-10-3-8-1-2-17-12(8)9(4-10)5-14-11(6-15)7-16/h3-4,11,14-16H,1-2,5-7H2. The van der Waals surface area contributed by atoms with Crippen LogP contribution in [0.25, 0.3) is 0 Å². The molecule has 1 aliphatic heterocycles. The zero-order chi connectivity index (χ0) is 12.3. The van der Waals surface area contributed by atoms with Crippen LogP contribution in [0.4, 0.5) is 0 Å². The van der Waals surface area contributed by atoms with Crippen LogP contribution in [0.5, 0.6) is 5.75 Å². The highest BCUT2D eigenvalue weighted by molar-refractivity contribution is 9.10. The van der Waals surface area contributed by atoms with Crippen molar-refractivity contribution in [3.05, 3.63) is 27.7 Å². The molecule has 0 unspecified atom stereocenters. The summed E-state index contributed by atoms with van der Waals surface area (Å²) in [5.74, 6) is 0.940. The van der Waals surface area contributed by atoms with E-state index in [4.69, 9.17) is 14.9 Å². The Hall–Kier alpha value is -0.620. The first-order valence-corrected chi connectivity index (χ1v) is 6.43. The van der Waals surface area contributed by atoms with Crippen LogP contribution in [0.2, 0.25) is 0 Å². The van der Waals surface area contributed by atoms with Crippen molar-refractivity contribution in [2.24, 2.45) is 0 Å². The van der Waals surface area contributed by atoms with Crippen LogP contribution >= 0.6 is 15.9 Å². The van der Waals surface area contributed by atoms with E-state index < -0.39 is 0 Å². The molecule has 0 bridgehead atoms. The predicted octanol–water partition coefficient (Wildman–Crippen LogP) is 0.827. The van der Waals surface area contributed by atoms with Crippen LogP contribution in [0.15, 0.2) is 16.6 Å². The van der Waals surface area contributed by atoms with Gasteiger partial charge >= 0.3 is 0 Å². The largest absolute Gasteiger partial charge is 0.493 e. The SMILES string of the molecule is OCC(CO)NCc1cc(Br)cc2c1OCC2. The smallest absolute Gasteiger partial charge is 0.127 e.